The predicted octanol–water partition coefficient (Wildman–Crippen LogP) is 5.62. The van der Waals surface area contributed by atoms with Crippen LogP contribution in [-0.4, -0.2) is 21.0 Å². The van der Waals surface area contributed by atoms with Gasteiger partial charge in [0.25, 0.3) is 0 Å². The lowest BCUT2D eigenvalue weighted by atomic mass is 9.87. The largest absolute Gasteiger partial charge is 0.480 e. The predicted molar refractivity (Wildman–Crippen MR) is 121 cm³/mol. The van der Waals surface area contributed by atoms with Crippen LogP contribution in [0.25, 0.3) is 5.70 Å². The van der Waals surface area contributed by atoms with Crippen LogP contribution in [0.3, 0.4) is 0 Å². The first-order chi connectivity index (χ1) is 14.8. The third-order valence-corrected chi connectivity index (χ3v) is 7.21. The van der Waals surface area contributed by atoms with Crippen LogP contribution in [0.1, 0.15) is 28.1 Å². The molecular formula is C23H18N4OS2. The molecule has 4 heterocycles. The van der Waals surface area contributed by atoms with Gasteiger partial charge in [0.1, 0.15) is 18.1 Å². The fourth-order valence-corrected chi connectivity index (χ4v) is 5.38. The molecule has 7 heteroatoms. The number of nitrogens with zero attached hydrogens (tertiary/aromatic N) is 3. The number of thiophene rings is 1. The Hall–Kier alpha value is -3.03. The molecule has 30 heavy (non-hydrogen) atoms. The molecule has 6 rings (SSSR count). The summed E-state index contributed by atoms with van der Waals surface area (Å²) in [5.41, 5.74) is 4.44. The van der Waals surface area contributed by atoms with Crippen molar-refractivity contribution in [2.24, 2.45) is 0 Å². The van der Waals surface area contributed by atoms with Crippen molar-refractivity contribution in [2.75, 3.05) is 11.6 Å². The minimum Gasteiger partial charge on any atom is -0.480 e. The molecule has 2 atom stereocenters. The number of fused-ring (bicyclic) bond motifs is 3. The van der Waals surface area contributed by atoms with Crippen molar-refractivity contribution in [1.82, 2.24) is 14.8 Å². The molecule has 2 aromatic carbocycles. The Morgan fingerprint density at radius 3 is 2.73 bits per heavy atom. The lowest BCUT2D eigenvalue weighted by molar-refractivity contribution is 0.226. The molecule has 0 amide bonds. The van der Waals surface area contributed by atoms with Gasteiger partial charge in [-0.05, 0) is 47.5 Å². The van der Waals surface area contributed by atoms with Crippen LogP contribution >= 0.6 is 23.1 Å². The van der Waals surface area contributed by atoms with E-state index in [1.165, 1.54) is 9.77 Å². The minimum absolute atomic E-state index is 0.102. The Morgan fingerprint density at radius 1 is 1.07 bits per heavy atom. The van der Waals surface area contributed by atoms with Crippen molar-refractivity contribution in [1.29, 1.82) is 0 Å². The number of hydrogen-bond donors (Lipinski definition) is 1. The lowest BCUT2D eigenvalue weighted by Gasteiger charge is -2.38. The molecule has 2 aliphatic rings. The number of benzene rings is 2. The molecule has 0 aliphatic carbocycles. The highest BCUT2D eigenvalue weighted by Gasteiger charge is 2.41. The van der Waals surface area contributed by atoms with E-state index in [0.29, 0.717) is 0 Å². The molecule has 0 bridgehead atoms. The first-order valence-electron chi connectivity index (χ1n) is 9.67. The fourth-order valence-electron chi connectivity index (χ4n) is 4.20. The number of ether oxygens (including phenoxy) is 1. The van der Waals surface area contributed by atoms with Crippen LogP contribution in [-0.2, 0) is 0 Å². The van der Waals surface area contributed by atoms with Crippen molar-refractivity contribution in [3.63, 3.8) is 0 Å². The number of thioether (sulfide) groups is 1. The van der Waals surface area contributed by atoms with Gasteiger partial charge in [0.2, 0.25) is 5.95 Å². The maximum absolute atomic E-state index is 6.58. The molecule has 148 valence electrons. The molecule has 0 saturated carbocycles. The second kappa shape index (κ2) is 7.04. The Morgan fingerprint density at radius 2 is 1.93 bits per heavy atom. The summed E-state index contributed by atoms with van der Waals surface area (Å²) in [6.45, 7) is 0. The Balaban J connectivity index is 1.61. The Kier molecular flexibility index (Phi) is 4.17. The number of para-hydroxylation sites is 1. The molecule has 0 spiro atoms. The van der Waals surface area contributed by atoms with E-state index in [-0.39, 0.29) is 12.1 Å². The number of anilines is 1. The highest BCUT2D eigenvalue weighted by Crippen LogP contribution is 2.51. The van der Waals surface area contributed by atoms with E-state index in [0.717, 1.165) is 34.1 Å². The van der Waals surface area contributed by atoms with Crippen LogP contribution in [0.15, 0.2) is 82.8 Å². The number of rotatable bonds is 3. The second-order valence-corrected chi connectivity index (χ2v) is 9.03. The van der Waals surface area contributed by atoms with E-state index in [1.807, 2.05) is 22.9 Å². The molecule has 2 aromatic heterocycles. The summed E-state index contributed by atoms with van der Waals surface area (Å²) < 4.78 is 8.54. The third-order valence-electron chi connectivity index (χ3n) is 5.55. The fraction of sp³-hybridized carbons (Fsp3) is 0.130. The van der Waals surface area contributed by atoms with Gasteiger partial charge in [-0.15, -0.1) is 23.1 Å². The standard InChI is InChI=1S/C23H18N4OS2/c1-29-15-10-8-14(9-11-15)21-19-20(26-23-24-13-25-27(21)23)16-5-2-3-6-17(16)28-22(19)18-7-4-12-30-18/h2-13,21-22H,1H3,(H,24,25,26)/t21-,22-/m0/s1. The number of nitrogens with one attached hydrogen (secondary N) is 1. The van der Waals surface area contributed by atoms with Gasteiger partial charge in [-0.1, -0.05) is 30.3 Å². The van der Waals surface area contributed by atoms with Gasteiger partial charge in [-0.3, -0.25) is 0 Å². The van der Waals surface area contributed by atoms with Crippen molar-refractivity contribution < 1.29 is 4.74 Å². The molecule has 5 nitrogen and oxygen atoms in total. The zero-order chi connectivity index (χ0) is 20.1. The Bertz CT molecular complexity index is 1240. The lowest BCUT2D eigenvalue weighted by Crippen LogP contribution is -2.32. The third kappa shape index (κ3) is 2.69. The molecule has 0 saturated heterocycles. The smallest absolute Gasteiger partial charge is 0.226 e. The van der Waals surface area contributed by atoms with Crippen LogP contribution < -0.4 is 10.1 Å². The summed E-state index contributed by atoms with van der Waals surface area (Å²) in [6, 6.07) is 21.0. The highest BCUT2D eigenvalue weighted by molar-refractivity contribution is 7.98. The van der Waals surface area contributed by atoms with Gasteiger partial charge < -0.3 is 10.1 Å². The minimum atomic E-state index is -0.190. The van der Waals surface area contributed by atoms with E-state index in [9.17, 15) is 0 Å². The van der Waals surface area contributed by atoms with Gasteiger partial charge in [0.05, 0.1) is 5.70 Å². The van der Waals surface area contributed by atoms with Crippen molar-refractivity contribution in [2.45, 2.75) is 17.0 Å². The molecule has 0 fully saturated rings. The second-order valence-electron chi connectivity index (χ2n) is 7.17. The molecule has 1 N–H and O–H groups in total. The van der Waals surface area contributed by atoms with Gasteiger partial charge in [0, 0.05) is 20.9 Å². The maximum atomic E-state index is 6.58. The van der Waals surface area contributed by atoms with Crippen LogP contribution in [0.2, 0.25) is 0 Å². The van der Waals surface area contributed by atoms with Gasteiger partial charge in [-0.2, -0.15) is 10.1 Å². The van der Waals surface area contributed by atoms with Gasteiger partial charge in [-0.25, -0.2) is 4.68 Å². The zero-order valence-electron chi connectivity index (χ0n) is 16.1. The van der Waals surface area contributed by atoms with Crippen molar-refractivity contribution in [3.05, 3.63) is 93.9 Å². The first-order valence-corrected chi connectivity index (χ1v) is 11.8. The van der Waals surface area contributed by atoms with Gasteiger partial charge >= 0.3 is 0 Å². The van der Waals surface area contributed by atoms with Crippen molar-refractivity contribution in [3.8, 4) is 5.75 Å². The van der Waals surface area contributed by atoms with Gasteiger partial charge in [0.15, 0.2) is 6.10 Å². The van der Waals surface area contributed by atoms with Crippen LogP contribution in [0.5, 0.6) is 5.75 Å². The van der Waals surface area contributed by atoms with Crippen LogP contribution in [0.4, 0.5) is 5.95 Å². The number of hydrogen-bond acceptors (Lipinski definition) is 6. The highest BCUT2D eigenvalue weighted by atomic mass is 32.2. The molecule has 0 unspecified atom stereocenters. The average molecular weight is 431 g/mol. The SMILES string of the molecule is CSc1ccc([C@H]2C3=C(Nc4ncnn42)c2ccccc2O[C@H]3c2cccs2)cc1. The topological polar surface area (TPSA) is 52.0 Å². The summed E-state index contributed by atoms with van der Waals surface area (Å²) in [4.78, 5) is 6.89. The molecular weight excluding hydrogens is 412 g/mol. The summed E-state index contributed by atoms with van der Waals surface area (Å²) in [5, 5.41) is 10.2. The quantitative estimate of drug-likeness (QED) is 0.428. The Labute approximate surface area is 182 Å². The molecule has 4 aromatic rings. The average Bonchev–Trinajstić information content (AvgIpc) is 3.49. The van der Waals surface area contributed by atoms with E-state index < -0.39 is 0 Å². The van der Waals surface area contributed by atoms with E-state index >= 15 is 0 Å². The van der Waals surface area contributed by atoms with Crippen molar-refractivity contribution >= 4 is 34.7 Å². The maximum Gasteiger partial charge on any atom is 0.226 e. The summed E-state index contributed by atoms with van der Waals surface area (Å²) >= 11 is 3.45. The van der Waals surface area contributed by atoms with E-state index in [2.05, 4.69) is 69.5 Å². The summed E-state index contributed by atoms with van der Waals surface area (Å²) in [7, 11) is 0. The molecule has 2 aliphatic heterocycles. The zero-order valence-corrected chi connectivity index (χ0v) is 17.8. The first kappa shape index (κ1) is 17.8. The summed E-state index contributed by atoms with van der Waals surface area (Å²) in [5.74, 6) is 1.63. The molecule has 0 radical (unpaired) electrons. The summed E-state index contributed by atoms with van der Waals surface area (Å²) in [6.07, 6.45) is 3.51. The van der Waals surface area contributed by atoms with E-state index in [4.69, 9.17) is 4.74 Å². The van der Waals surface area contributed by atoms with Crippen LogP contribution in [0, 0.1) is 0 Å². The monoisotopic (exact) mass is 430 g/mol. The normalized spacial score (nSPS) is 19.4. The van der Waals surface area contributed by atoms with E-state index in [1.54, 1.807) is 29.4 Å². The number of aromatic nitrogens is 3.